The van der Waals surface area contributed by atoms with Crippen molar-refractivity contribution < 1.29 is 0 Å². The fourth-order valence-electron chi connectivity index (χ4n) is 2.66. The molecule has 0 aliphatic carbocycles. The molecule has 1 heteroatoms. The summed E-state index contributed by atoms with van der Waals surface area (Å²) in [5.41, 5.74) is 1.92. The summed E-state index contributed by atoms with van der Waals surface area (Å²) in [7, 11) is 0. The lowest BCUT2D eigenvalue weighted by Gasteiger charge is -2.31. The predicted octanol–water partition coefficient (Wildman–Crippen LogP) is 5.66. The van der Waals surface area contributed by atoms with Gasteiger partial charge < -0.3 is 0 Å². The van der Waals surface area contributed by atoms with Gasteiger partial charge in [-0.3, -0.25) is 0 Å². The zero-order chi connectivity index (χ0) is 12.7. The second-order valence-electron chi connectivity index (χ2n) is 5.11. The molecule has 0 spiro atoms. The van der Waals surface area contributed by atoms with Crippen LogP contribution in [0.15, 0.2) is 29.2 Å². The van der Waals surface area contributed by atoms with Crippen molar-refractivity contribution in [2.24, 2.45) is 0 Å². The van der Waals surface area contributed by atoms with Crippen molar-refractivity contribution in [1.82, 2.24) is 0 Å². The van der Waals surface area contributed by atoms with Crippen LogP contribution in [0.1, 0.15) is 58.4 Å². The Bertz CT molecular complexity index is 332. The third kappa shape index (κ3) is 3.77. The Morgan fingerprint density at radius 1 is 1.06 bits per heavy atom. The summed E-state index contributed by atoms with van der Waals surface area (Å²) >= 11 is 1.88. The summed E-state index contributed by atoms with van der Waals surface area (Å²) < 4.78 is 0. The van der Waals surface area contributed by atoms with E-state index in [2.05, 4.69) is 51.3 Å². The monoisotopic (exact) mass is 250 g/mol. The van der Waals surface area contributed by atoms with Gasteiger partial charge in [0.1, 0.15) is 0 Å². The van der Waals surface area contributed by atoms with Crippen molar-refractivity contribution in [2.75, 3.05) is 6.26 Å². The smallest absolute Gasteiger partial charge is 0.0107 e. The molecule has 96 valence electrons. The molecule has 0 nitrogen and oxygen atoms in total. The van der Waals surface area contributed by atoms with Gasteiger partial charge in [0.15, 0.2) is 0 Å². The van der Waals surface area contributed by atoms with Crippen LogP contribution >= 0.6 is 11.8 Å². The summed E-state index contributed by atoms with van der Waals surface area (Å²) in [6.07, 6.45) is 8.69. The lowest BCUT2D eigenvalue weighted by atomic mass is 9.75. The van der Waals surface area contributed by atoms with Gasteiger partial charge >= 0.3 is 0 Å². The van der Waals surface area contributed by atoms with Gasteiger partial charge in [-0.05, 0) is 36.1 Å². The summed E-state index contributed by atoms with van der Waals surface area (Å²) in [5.74, 6) is 0. The number of hydrogen-bond acceptors (Lipinski definition) is 1. The third-order valence-electron chi connectivity index (χ3n) is 3.64. The van der Waals surface area contributed by atoms with Crippen LogP contribution in [0.4, 0.5) is 0 Å². The second kappa shape index (κ2) is 7.10. The van der Waals surface area contributed by atoms with Crippen LogP contribution in [0.3, 0.4) is 0 Å². The molecule has 0 saturated heterocycles. The minimum Gasteiger partial charge on any atom is -0.129 e. The largest absolute Gasteiger partial charge is 0.129 e. The average molecular weight is 250 g/mol. The van der Waals surface area contributed by atoms with E-state index < -0.39 is 0 Å². The first-order chi connectivity index (χ1) is 8.18. The molecule has 0 bridgehead atoms. The van der Waals surface area contributed by atoms with Crippen LogP contribution in [-0.4, -0.2) is 6.26 Å². The molecule has 0 heterocycles. The van der Waals surface area contributed by atoms with Crippen LogP contribution in [0, 0.1) is 0 Å². The van der Waals surface area contributed by atoms with Crippen LogP contribution in [-0.2, 0) is 5.41 Å². The van der Waals surface area contributed by atoms with E-state index in [0.717, 1.165) is 0 Å². The normalized spacial score (nSPS) is 14.6. The lowest BCUT2D eigenvalue weighted by molar-refractivity contribution is 0.377. The number of rotatable bonds is 7. The maximum absolute atomic E-state index is 2.45. The summed E-state index contributed by atoms with van der Waals surface area (Å²) in [6, 6.07) is 8.94. The molecule has 0 aliphatic heterocycles. The Labute approximate surface area is 111 Å². The van der Waals surface area contributed by atoms with E-state index >= 15 is 0 Å². The van der Waals surface area contributed by atoms with Crippen molar-refractivity contribution in [3.63, 3.8) is 0 Å². The van der Waals surface area contributed by atoms with Crippen molar-refractivity contribution in [1.29, 1.82) is 0 Å². The highest BCUT2D eigenvalue weighted by atomic mass is 32.2. The summed E-state index contributed by atoms with van der Waals surface area (Å²) in [5, 5.41) is 0. The highest BCUT2D eigenvalue weighted by Crippen LogP contribution is 2.39. The summed E-state index contributed by atoms with van der Waals surface area (Å²) in [6.45, 7) is 7.03. The standard InChI is InChI=1S/C16H26S/c1-5-7-13-16(3,12-6-2)14-10-8-9-11-15(14)17-4/h8-11H,5-7,12-13H2,1-4H3. The minimum atomic E-state index is 0.365. The second-order valence-corrected chi connectivity index (χ2v) is 5.96. The Kier molecular flexibility index (Phi) is 6.11. The zero-order valence-corrected chi connectivity index (χ0v) is 12.6. The van der Waals surface area contributed by atoms with Gasteiger partial charge in [0.25, 0.3) is 0 Å². The van der Waals surface area contributed by atoms with Gasteiger partial charge in [0.2, 0.25) is 0 Å². The Balaban J connectivity index is 3.02. The van der Waals surface area contributed by atoms with Gasteiger partial charge in [-0.2, -0.15) is 0 Å². The maximum atomic E-state index is 2.45. The fraction of sp³-hybridized carbons (Fsp3) is 0.625. The van der Waals surface area contributed by atoms with E-state index in [4.69, 9.17) is 0 Å². The quantitative estimate of drug-likeness (QED) is 0.563. The Hall–Kier alpha value is -0.430. The van der Waals surface area contributed by atoms with E-state index in [9.17, 15) is 0 Å². The number of thioether (sulfide) groups is 1. The molecule has 17 heavy (non-hydrogen) atoms. The van der Waals surface area contributed by atoms with Gasteiger partial charge in [-0.25, -0.2) is 0 Å². The topological polar surface area (TPSA) is 0 Å². The molecule has 0 saturated carbocycles. The molecule has 0 radical (unpaired) electrons. The summed E-state index contributed by atoms with van der Waals surface area (Å²) in [4.78, 5) is 1.46. The Morgan fingerprint density at radius 2 is 1.76 bits per heavy atom. The first kappa shape index (κ1) is 14.6. The van der Waals surface area contributed by atoms with Crippen LogP contribution in [0.2, 0.25) is 0 Å². The zero-order valence-electron chi connectivity index (χ0n) is 11.8. The van der Waals surface area contributed by atoms with Crippen LogP contribution in [0.25, 0.3) is 0 Å². The van der Waals surface area contributed by atoms with Crippen molar-refractivity contribution in [3.8, 4) is 0 Å². The van der Waals surface area contributed by atoms with Gasteiger partial charge in [-0.15, -0.1) is 11.8 Å². The molecule has 1 rings (SSSR count). The van der Waals surface area contributed by atoms with E-state index in [1.54, 1.807) is 5.56 Å². The number of hydrogen-bond donors (Lipinski definition) is 0. The molecule has 0 aromatic heterocycles. The Morgan fingerprint density at radius 3 is 2.35 bits per heavy atom. The third-order valence-corrected chi connectivity index (χ3v) is 4.44. The molecule has 0 fully saturated rings. The molecule has 0 amide bonds. The van der Waals surface area contributed by atoms with E-state index in [1.807, 2.05) is 11.8 Å². The van der Waals surface area contributed by atoms with Crippen LogP contribution in [0.5, 0.6) is 0 Å². The van der Waals surface area contributed by atoms with Gasteiger partial charge in [-0.1, -0.05) is 58.2 Å². The van der Waals surface area contributed by atoms with Crippen molar-refractivity contribution >= 4 is 11.8 Å². The number of unbranched alkanes of at least 4 members (excludes halogenated alkanes) is 1. The fourth-order valence-corrected chi connectivity index (χ4v) is 3.41. The molecular formula is C16H26S. The van der Waals surface area contributed by atoms with Crippen molar-refractivity contribution in [3.05, 3.63) is 29.8 Å². The molecule has 1 atom stereocenters. The van der Waals surface area contributed by atoms with E-state index in [0.29, 0.717) is 5.41 Å². The van der Waals surface area contributed by atoms with Crippen LogP contribution < -0.4 is 0 Å². The molecule has 1 unspecified atom stereocenters. The highest BCUT2D eigenvalue weighted by Gasteiger charge is 2.26. The minimum absolute atomic E-state index is 0.365. The molecular weight excluding hydrogens is 224 g/mol. The van der Waals surface area contributed by atoms with Gasteiger partial charge in [0.05, 0.1) is 0 Å². The maximum Gasteiger partial charge on any atom is 0.0107 e. The average Bonchev–Trinajstić information content (AvgIpc) is 2.36. The SMILES string of the molecule is CCCCC(C)(CCC)c1ccccc1SC. The van der Waals surface area contributed by atoms with Crippen molar-refractivity contribution in [2.45, 2.75) is 63.2 Å². The first-order valence-electron chi connectivity index (χ1n) is 6.81. The predicted molar refractivity (Wildman–Crippen MR) is 80.0 cm³/mol. The van der Waals surface area contributed by atoms with E-state index in [1.165, 1.54) is 37.0 Å². The van der Waals surface area contributed by atoms with Gasteiger partial charge in [0, 0.05) is 4.90 Å². The van der Waals surface area contributed by atoms with E-state index in [-0.39, 0.29) is 0 Å². The highest BCUT2D eigenvalue weighted by molar-refractivity contribution is 7.98. The number of benzene rings is 1. The first-order valence-corrected chi connectivity index (χ1v) is 8.04. The molecule has 0 aliphatic rings. The molecule has 1 aromatic carbocycles. The lowest BCUT2D eigenvalue weighted by Crippen LogP contribution is -2.22. The molecule has 1 aromatic rings. The molecule has 0 N–H and O–H groups in total.